The van der Waals surface area contributed by atoms with Crippen molar-refractivity contribution in [3.05, 3.63) is 54.4 Å². The summed E-state index contributed by atoms with van der Waals surface area (Å²) in [5.41, 5.74) is 0.783. The number of phenols is 1. The first-order valence-corrected chi connectivity index (χ1v) is 5.72. The molecule has 0 bridgehead atoms. The predicted octanol–water partition coefficient (Wildman–Crippen LogP) is 1.83. The summed E-state index contributed by atoms with van der Waals surface area (Å²) in [6.07, 6.45) is 6.02. The third kappa shape index (κ3) is 2.05. The van der Waals surface area contributed by atoms with Crippen molar-refractivity contribution in [2.45, 2.75) is 0 Å². The van der Waals surface area contributed by atoms with E-state index in [1.807, 2.05) is 0 Å². The molecule has 0 aliphatic carbocycles. The van der Waals surface area contributed by atoms with Gasteiger partial charge in [0.2, 0.25) is 0 Å². The maximum absolute atomic E-state index is 13.6. The first kappa shape index (κ1) is 12.1. The molecule has 0 unspecified atom stereocenters. The maximum atomic E-state index is 13.6. The first-order chi connectivity index (χ1) is 9.65. The standard InChI is InChI=1S/C13H9FN4O2/c14-10-5-8(19)1-2-11(10)17-13(20)9-6-16-18-4-3-15-7-12(9)18/h1-7,19H,(H,17,20). The summed E-state index contributed by atoms with van der Waals surface area (Å²) in [6.45, 7) is 0. The number of anilines is 1. The zero-order valence-corrected chi connectivity index (χ0v) is 10.1. The van der Waals surface area contributed by atoms with Crippen LogP contribution < -0.4 is 5.32 Å². The highest BCUT2D eigenvalue weighted by atomic mass is 19.1. The van der Waals surface area contributed by atoms with E-state index >= 15 is 0 Å². The van der Waals surface area contributed by atoms with E-state index in [1.165, 1.54) is 29.0 Å². The summed E-state index contributed by atoms with van der Waals surface area (Å²) in [4.78, 5) is 16.0. The van der Waals surface area contributed by atoms with Gasteiger partial charge < -0.3 is 10.4 Å². The fourth-order valence-corrected chi connectivity index (χ4v) is 1.80. The minimum atomic E-state index is -0.715. The molecular formula is C13H9FN4O2. The lowest BCUT2D eigenvalue weighted by molar-refractivity contribution is 0.102. The number of hydrogen-bond acceptors (Lipinski definition) is 4. The van der Waals surface area contributed by atoms with Crippen molar-refractivity contribution in [3.8, 4) is 5.75 Å². The van der Waals surface area contributed by atoms with Crippen molar-refractivity contribution >= 4 is 17.1 Å². The normalized spacial score (nSPS) is 10.7. The topological polar surface area (TPSA) is 79.5 Å². The molecule has 7 heteroatoms. The van der Waals surface area contributed by atoms with E-state index in [0.29, 0.717) is 5.52 Å². The summed E-state index contributed by atoms with van der Waals surface area (Å²) < 4.78 is 15.1. The SMILES string of the molecule is O=C(Nc1ccc(O)cc1F)c1cnn2ccncc12. The summed E-state index contributed by atoms with van der Waals surface area (Å²) in [5.74, 6) is -1.42. The fourth-order valence-electron chi connectivity index (χ4n) is 1.80. The number of aromatic nitrogens is 3. The van der Waals surface area contributed by atoms with Gasteiger partial charge >= 0.3 is 0 Å². The molecule has 20 heavy (non-hydrogen) atoms. The number of nitrogens with zero attached hydrogens (tertiary/aromatic N) is 3. The Bertz CT molecular complexity index is 800. The third-order valence-electron chi connectivity index (χ3n) is 2.77. The average Bonchev–Trinajstić information content (AvgIpc) is 2.86. The van der Waals surface area contributed by atoms with Gasteiger partial charge in [0.05, 0.1) is 29.2 Å². The Morgan fingerprint density at radius 2 is 2.20 bits per heavy atom. The molecule has 0 saturated carbocycles. The van der Waals surface area contributed by atoms with Gasteiger partial charge in [-0.3, -0.25) is 9.78 Å². The van der Waals surface area contributed by atoms with Crippen LogP contribution in [0.2, 0.25) is 0 Å². The largest absolute Gasteiger partial charge is 0.508 e. The number of carbonyl (C=O) groups is 1. The van der Waals surface area contributed by atoms with Crippen LogP contribution in [0, 0.1) is 5.82 Å². The molecule has 1 aromatic carbocycles. The molecular weight excluding hydrogens is 263 g/mol. The molecule has 0 fully saturated rings. The lowest BCUT2D eigenvalue weighted by Gasteiger charge is -2.05. The van der Waals surface area contributed by atoms with Crippen molar-refractivity contribution in [1.29, 1.82) is 0 Å². The van der Waals surface area contributed by atoms with Crippen LogP contribution >= 0.6 is 0 Å². The number of aromatic hydroxyl groups is 1. The number of benzene rings is 1. The van der Waals surface area contributed by atoms with E-state index in [1.54, 1.807) is 12.4 Å². The van der Waals surface area contributed by atoms with Gasteiger partial charge in [0.1, 0.15) is 11.6 Å². The van der Waals surface area contributed by atoms with Crippen LogP contribution in [0.4, 0.5) is 10.1 Å². The monoisotopic (exact) mass is 272 g/mol. The van der Waals surface area contributed by atoms with Gasteiger partial charge in [-0.1, -0.05) is 0 Å². The molecule has 6 nitrogen and oxygen atoms in total. The maximum Gasteiger partial charge on any atom is 0.259 e. The summed E-state index contributed by atoms with van der Waals surface area (Å²) >= 11 is 0. The van der Waals surface area contributed by atoms with Gasteiger partial charge in [0.15, 0.2) is 0 Å². The molecule has 2 N–H and O–H groups in total. The Morgan fingerprint density at radius 3 is 3.00 bits per heavy atom. The zero-order valence-electron chi connectivity index (χ0n) is 10.1. The van der Waals surface area contributed by atoms with Gasteiger partial charge in [0.25, 0.3) is 5.91 Å². The molecule has 0 aliphatic heterocycles. The van der Waals surface area contributed by atoms with E-state index in [2.05, 4.69) is 15.4 Å². The number of nitrogens with one attached hydrogen (secondary N) is 1. The van der Waals surface area contributed by atoms with Crippen LogP contribution in [-0.4, -0.2) is 25.6 Å². The van der Waals surface area contributed by atoms with Gasteiger partial charge in [-0.25, -0.2) is 8.91 Å². The lowest BCUT2D eigenvalue weighted by atomic mass is 10.2. The smallest absolute Gasteiger partial charge is 0.259 e. The molecule has 0 spiro atoms. The van der Waals surface area contributed by atoms with E-state index in [9.17, 15) is 9.18 Å². The minimum absolute atomic E-state index is 0.0176. The number of hydrogen-bond donors (Lipinski definition) is 2. The molecule has 0 saturated heterocycles. The first-order valence-electron chi connectivity index (χ1n) is 5.72. The molecule has 2 aromatic heterocycles. The Kier molecular flexibility index (Phi) is 2.79. The second-order valence-electron chi connectivity index (χ2n) is 4.08. The van der Waals surface area contributed by atoms with Gasteiger partial charge in [-0.05, 0) is 12.1 Å². The zero-order chi connectivity index (χ0) is 14.1. The number of amides is 1. The molecule has 100 valence electrons. The third-order valence-corrected chi connectivity index (χ3v) is 2.77. The van der Waals surface area contributed by atoms with E-state index in [-0.39, 0.29) is 17.0 Å². The Morgan fingerprint density at radius 1 is 1.35 bits per heavy atom. The molecule has 2 heterocycles. The van der Waals surface area contributed by atoms with Crippen molar-refractivity contribution in [3.63, 3.8) is 0 Å². The minimum Gasteiger partial charge on any atom is -0.508 e. The molecule has 0 radical (unpaired) electrons. The summed E-state index contributed by atoms with van der Waals surface area (Å²) in [6, 6.07) is 3.50. The molecule has 1 amide bonds. The van der Waals surface area contributed by atoms with Crippen molar-refractivity contribution in [2.24, 2.45) is 0 Å². The lowest BCUT2D eigenvalue weighted by Crippen LogP contribution is -2.12. The van der Waals surface area contributed by atoms with Crippen molar-refractivity contribution in [2.75, 3.05) is 5.32 Å². The Labute approximate surface area is 112 Å². The van der Waals surface area contributed by atoms with Gasteiger partial charge in [-0.15, -0.1) is 0 Å². The van der Waals surface area contributed by atoms with Gasteiger partial charge in [-0.2, -0.15) is 5.10 Å². The fraction of sp³-hybridized carbons (Fsp3) is 0. The number of halogens is 1. The summed E-state index contributed by atoms with van der Waals surface area (Å²) in [5, 5.41) is 15.5. The van der Waals surface area contributed by atoms with Crippen LogP contribution in [0.3, 0.4) is 0 Å². The highest BCUT2D eigenvalue weighted by Gasteiger charge is 2.14. The second-order valence-corrected chi connectivity index (χ2v) is 4.08. The van der Waals surface area contributed by atoms with Gasteiger partial charge in [0, 0.05) is 18.5 Å². The van der Waals surface area contributed by atoms with Crippen LogP contribution in [0.1, 0.15) is 10.4 Å². The Hall–Kier alpha value is -2.96. The van der Waals surface area contributed by atoms with E-state index in [0.717, 1.165) is 6.07 Å². The number of carbonyl (C=O) groups excluding carboxylic acids is 1. The molecule has 0 aliphatic rings. The van der Waals surface area contributed by atoms with Crippen molar-refractivity contribution in [1.82, 2.24) is 14.6 Å². The Balaban J connectivity index is 1.93. The highest BCUT2D eigenvalue weighted by Crippen LogP contribution is 2.20. The van der Waals surface area contributed by atoms with E-state index in [4.69, 9.17) is 5.11 Å². The number of phenolic OH excluding ortho intramolecular Hbond substituents is 1. The quantitative estimate of drug-likeness (QED) is 0.697. The molecule has 3 rings (SSSR count). The van der Waals surface area contributed by atoms with Crippen LogP contribution in [-0.2, 0) is 0 Å². The highest BCUT2D eigenvalue weighted by molar-refractivity contribution is 6.08. The van der Waals surface area contributed by atoms with Crippen LogP contribution in [0.15, 0.2) is 43.0 Å². The van der Waals surface area contributed by atoms with E-state index < -0.39 is 11.7 Å². The van der Waals surface area contributed by atoms with Crippen molar-refractivity contribution < 1.29 is 14.3 Å². The predicted molar refractivity (Wildman–Crippen MR) is 69.0 cm³/mol. The second kappa shape index (κ2) is 4.61. The average molecular weight is 272 g/mol. The number of rotatable bonds is 2. The molecule has 3 aromatic rings. The van der Waals surface area contributed by atoms with Crippen LogP contribution in [0.25, 0.3) is 5.52 Å². The summed E-state index contributed by atoms with van der Waals surface area (Å²) in [7, 11) is 0. The number of fused-ring (bicyclic) bond motifs is 1. The molecule has 0 atom stereocenters. The van der Waals surface area contributed by atoms with Crippen LogP contribution in [0.5, 0.6) is 5.75 Å².